The average molecular weight is 380 g/mol. The second-order valence-corrected chi connectivity index (χ2v) is 7.41. The highest BCUT2D eigenvalue weighted by Gasteiger charge is 2.55. The molecule has 0 atom stereocenters. The van der Waals surface area contributed by atoms with Gasteiger partial charge in [0, 0.05) is 5.71 Å². The van der Waals surface area contributed by atoms with Gasteiger partial charge in [-0.3, -0.25) is 4.79 Å². The van der Waals surface area contributed by atoms with E-state index in [1.54, 1.807) is 6.08 Å². The van der Waals surface area contributed by atoms with E-state index in [9.17, 15) is 9.18 Å². The number of benzene rings is 1. The number of likely N-dealkylation sites (tertiary alicyclic amines) is 1. The van der Waals surface area contributed by atoms with Crippen molar-refractivity contribution in [3.05, 3.63) is 65.9 Å². The third-order valence-electron chi connectivity index (χ3n) is 5.15. The van der Waals surface area contributed by atoms with Crippen LogP contribution < -0.4 is 0 Å². The fourth-order valence-corrected chi connectivity index (χ4v) is 3.36. The summed E-state index contributed by atoms with van der Waals surface area (Å²) in [6.07, 6.45) is 6.25. The lowest BCUT2D eigenvalue weighted by atomic mass is 9.90. The summed E-state index contributed by atoms with van der Waals surface area (Å²) in [6, 6.07) is 9.23. The molecule has 1 aromatic heterocycles. The molecule has 1 aliphatic carbocycles. The van der Waals surface area contributed by atoms with Crippen LogP contribution in [0.15, 0.2) is 53.2 Å². The first-order valence-corrected chi connectivity index (χ1v) is 9.27. The molecule has 1 saturated carbocycles. The Balaban J connectivity index is 1.31. The number of aromatic nitrogens is 1. The van der Waals surface area contributed by atoms with Crippen molar-refractivity contribution in [3.8, 4) is 0 Å². The van der Waals surface area contributed by atoms with E-state index >= 15 is 0 Å². The average Bonchev–Trinajstić information content (AvgIpc) is 3.44. The second kappa shape index (κ2) is 7.14. The van der Waals surface area contributed by atoms with Gasteiger partial charge in [0.05, 0.1) is 25.2 Å². The van der Waals surface area contributed by atoms with E-state index in [4.69, 9.17) is 15.2 Å². The minimum Gasteiger partial charge on any atom is -0.448 e. The van der Waals surface area contributed by atoms with Crippen molar-refractivity contribution in [2.75, 3.05) is 13.1 Å². The molecule has 0 unspecified atom stereocenters. The van der Waals surface area contributed by atoms with E-state index in [2.05, 4.69) is 4.98 Å². The van der Waals surface area contributed by atoms with Crippen molar-refractivity contribution in [1.29, 1.82) is 10.8 Å². The van der Waals surface area contributed by atoms with E-state index in [0.717, 1.165) is 18.4 Å². The van der Waals surface area contributed by atoms with Crippen LogP contribution in [0.4, 0.5) is 4.39 Å². The van der Waals surface area contributed by atoms with Crippen LogP contribution in [0.1, 0.15) is 34.8 Å². The van der Waals surface area contributed by atoms with E-state index in [0.29, 0.717) is 5.71 Å². The molecule has 2 heterocycles. The smallest absolute Gasteiger partial charge is 0.276 e. The summed E-state index contributed by atoms with van der Waals surface area (Å²) < 4.78 is 19.7. The topological polar surface area (TPSA) is 94.0 Å². The molecular formula is C21H21FN4O2. The van der Waals surface area contributed by atoms with Crippen LogP contribution in [0.5, 0.6) is 0 Å². The predicted molar refractivity (Wildman–Crippen MR) is 103 cm³/mol. The van der Waals surface area contributed by atoms with Gasteiger partial charge in [-0.05, 0) is 36.5 Å². The van der Waals surface area contributed by atoms with Gasteiger partial charge in [-0.25, -0.2) is 9.37 Å². The maximum atomic E-state index is 14.4. The molecule has 2 N–H and O–H groups in total. The lowest BCUT2D eigenvalue weighted by Gasteiger charge is -2.44. The Bertz CT molecular complexity index is 940. The highest BCUT2D eigenvalue weighted by Crippen LogP contribution is 2.47. The molecule has 4 rings (SSSR count). The molecule has 2 aliphatic rings. The fourth-order valence-electron chi connectivity index (χ4n) is 3.36. The number of amides is 1. The first kappa shape index (κ1) is 18.3. The standard InChI is InChI=1S/C21H21FN4O2/c22-21(15-6-7-15)12-26(13-21)20(27)18-11-28-19(25-18)10-16(23)8-9-17(24)14-4-2-1-3-5-14/h1-5,8-9,11,15,23-24H,6-7,10,12-13H2/b9-8-,23-16?,24-17?. The Morgan fingerprint density at radius 2 is 1.96 bits per heavy atom. The molecule has 0 spiro atoms. The number of halogens is 1. The van der Waals surface area contributed by atoms with Gasteiger partial charge in [-0.1, -0.05) is 30.3 Å². The van der Waals surface area contributed by atoms with Gasteiger partial charge in [0.15, 0.2) is 5.69 Å². The molecule has 1 aromatic carbocycles. The number of nitrogens with zero attached hydrogens (tertiary/aromatic N) is 2. The number of carbonyl (C=O) groups is 1. The SMILES string of the molecule is N=C(/C=C\C(=N)c1ccccc1)Cc1nc(C(=O)N2CC(F)(C3CC3)C2)co1. The summed E-state index contributed by atoms with van der Waals surface area (Å²) in [5.74, 6) is 0.0154. The maximum Gasteiger partial charge on any atom is 0.276 e. The normalized spacial score (nSPS) is 18.1. The minimum absolute atomic E-state index is 0.103. The highest BCUT2D eigenvalue weighted by atomic mass is 19.1. The molecule has 7 heteroatoms. The van der Waals surface area contributed by atoms with Gasteiger partial charge in [0.1, 0.15) is 11.9 Å². The number of oxazole rings is 1. The van der Waals surface area contributed by atoms with Crippen molar-refractivity contribution >= 4 is 17.3 Å². The Morgan fingerprint density at radius 1 is 1.25 bits per heavy atom. The van der Waals surface area contributed by atoms with Crippen molar-refractivity contribution in [2.24, 2.45) is 5.92 Å². The zero-order chi connectivity index (χ0) is 19.7. The van der Waals surface area contributed by atoms with Crippen LogP contribution in [0.3, 0.4) is 0 Å². The largest absolute Gasteiger partial charge is 0.448 e. The molecule has 28 heavy (non-hydrogen) atoms. The fraction of sp³-hybridized carbons (Fsp3) is 0.333. The van der Waals surface area contributed by atoms with Gasteiger partial charge < -0.3 is 20.1 Å². The minimum atomic E-state index is -1.22. The monoisotopic (exact) mass is 380 g/mol. The molecule has 0 bridgehead atoms. The zero-order valence-corrected chi connectivity index (χ0v) is 15.3. The van der Waals surface area contributed by atoms with Crippen molar-refractivity contribution in [1.82, 2.24) is 9.88 Å². The number of hydrogen-bond donors (Lipinski definition) is 2. The Morgan fingerprint density at radius 3 is 2.64 bits per heavy atom. The molecule has 144 valence electrons. The van der Waals surface area contributed by atoms with Gasteiger partial charge in [0.25, 0.3) is 5.91 Å². The molecule has 2 aromatic rings. The number of rotatable bonds is 7. The molecule has 0 radical (unpaired) electrons. The van der Waals surface area contributed by atoms with Crippen LogP contribution in [0, 0.1) is 16.7 Å². The molecule has 2 fully saturated rings. The van der Waals surface area contributed by atoms with Crippen molar-refractivity contribution < 1.29 is 13.6 Å². The molecule has 1 aliphatic heterocycles. The van der Waals surface area contributed by atoms with E-state index in [1.165, 1.54) is 17.2 Å². The molecule has 1 amide bonds. The number of carbonyl (C=O) groups excluding carboxylic acids is 1. The molecule has 6 nitrogen and oxygen atoms in total. The summed E-state index contributed by atoms with van der Waals surface area (Å²) in [6.45, 7) is 0.248. The Kier molecular flexibility index (Phi) is 4.66. The van der Waals surface area contributed by atoms with E-state index in [1.807, 2.05) is 30.3 Å². The third-order valence-corrected chi connectivity index (χ3v) is 5.15. The summed E-state index contributed by atoms with van der Waals surface area (Å²) in [5.41, 5.74) is 0.193. The Labute approximate surface area is 162 Å². The van der Waals surface area contributed by atoms with E-state index < -0.39 is 5.67 Å². The predicted octanol–water partition coefficient (Wildman–Crippen LogP) is 3.44. The Hall–Kier alpha value is -3.09. The number of alkyl halides is 1. The summed E-state index contributed by atoms with van der Waals surface area (Å²) >= 11 is 0. The van der Waals surface area contributed by atoms with Crippen LogP contribution in [0.25, 0.3) is 0 Å². The number of nitrogens with one attached hydrogen (secondary N) is 2. The molecule has 1 saturated heterocycles. The second-order valence-electron chi connectivity index (χ2n) is 7.41. The van der Waals surface area contributed by atoms with Crippen molar-refractivity contribution in [2.45, 2.75) is 24.9 Å². The van der Waals surface area contributed by atoms with Gasteiger partial charge in [-0.15, -0.1) is 0 Å². The quantitative estimate of drug-likeness (QED) is 0.721. The zero-order valence-electron chi connectivity index (χ0n) is 15.3. The lowest BCUT2D eigenvalue weighted by molar-refractivity contribution is -0.0339. The summed E-state index contributed by atoms with van der Waals surface area (Å²) in [5, 5.41) is 16.0. The van der Waals surface area contributed by atoms with Gasteiger partial charge in [-0.2, -0.15) is 0 Å². The third kappa shape index (κ3) is 3.78. The van der Waals surface area contributed by atoms with E-state index in [-0.39, 0.29) is 48.6 Å². The number of allylic oxidation sites excluding steroid dienone is 2. The van der Waals surface area contributed by atoms with Gasteiger partial charge in [0.2, 0.25) is 5.89 Å². The number of hydrogen-bond acceptors (Lipinski definition) is 5. The maximum absolute atomic E-state index is 14.4. The first-order valence-electron chi connectivity index (χ1n) is 9.27. The van der Waals surface area contributed by atoms with Crippen LogP contribution in [-0.4, -0.2) is 46.0 Å². The summed E-state index contributed by atoms with van der Waals surface area (Å²) in [7, 11) is 0. The first-order chi connectivity index (χ1) is 13.4. The molecular weight excluding hydrogens is 359 g/mol. The highest BCUT2D eigenvalue weighted by molar-refractivity contribution is 6.10. The van der Waals surface area contributed by atoms with Crippen molar-refractivity contribution in [3.63, 3.8) is 0 Å². The van der Waals surface area contributed by atoms with Crippen LogP contribution in [-0.2, 0) is 6.42 Å². The van der Waals surface area contributed by atoms with Crippen LogP contribution in [0.2, 0.25) is 0 Å². The van der Waals surface area contributed by atoms with Crippen LogP contribution >= 0.6 is 0 Å². The van der Waals surface area contributed by atoms with Gasteiger partial charge >= 0.3 is 0 Å². The summed E-state index contributed by atoms with van der Waals surface area (Å²) in [4.78, 5) is 18.0. The lowest BCUT2D eigenvalue weighted by Crippen LogP contribution is -2.62.